The van der Waals surface area contributed by atoms with Crippen LogP contribution in [0.15, 0.2) is 28.7 Å². The monoisotopic (exact) mass is 291 g/mol. The molecule has 0 bridgehead atoms. The average Bonchev–Trinajstić information content (AvgIpc) is 3.02. The highest BCUT2D eigenvalue weighted by molar-refractivity contribution is 7.99. The first-order chi connectivity index (χ1) is 9.59. The third-order valence-corrected chi connectivity index (χ3v) is 5.33. The normalized spacial score (nSPS) is 24.4. The van der Waals surface area contributed by atoms with Crippen LogP contribution in [0.3, 0.4) is 0 Å². The minimum absolute atomic E-state index is 0.108. The quantitative estimate of drug-likeness (QED) is 0.907. The number of aryl methyl sites for hydroxylation is 1. The average molecular weight is 291 g/mol. The third kappa shape index (κ3) is 2.60. The molecule has 0 spiro atoms. The van der Waals surface area contributed by atoms with Gasteiger partial charge in [-0.15, -0.1) is 0 Å². The van der Waals surface area contributed by atoms with Crippen molar-refractivity contribution in [1.82, 2.24) is 5.32 Å². The molecule has 2 heterocycles. The Hall–Kier alpha value is -0.970. The fourth-order valence-electron chi connectivity index (χ4n) is 2.78. The molecule has 1 aliphatic rings. The highest BCUT2D eigenvalue weighted by Gasteiger charge is 2.32. The van der Waals surface area contributed by atoms with Gasteiger partial charge in [0.2, 0.25) is 0 Å². The van der Waals surface area contributed by atoms with E-state index in [9.17, 15) is 5.11 Å². The number of thioether (sulfide) groups is 1. The zero-order chi connectivity index (χ0) is 14.2. The van der Waals surface area contributed by atoms with Crippen LogP contribution in [0.4, 0.5) is 0 Å². The zero-order valence-electron chi connectivity index (χ0n) is 12.0. The first-order valence-electron chi connectivity index (χ1n) is 7.11. The summed E-state index contributed by atoms with van der Waals surface area (Å²) in [5.41, 5.74) is 1.57. The van der Waals surface area contributed by atoms with Crippen LogP contribution in [0, 0.1) is 6.92 Å². The van der Waals surface area contributed by atoms with Gasteiger partial charge in [0, 0.05) is 17.7 Å². The number of aliphatic hydroxyl groups is 1. The summed E-state index contributed by atoms with van der Waals surface area (Å²) in [6.07, 6.45) is 0.872. The standard InChI is InChI=1S/C16H21NO2S/c1-11-13-5-3-4-6-14(13)19-15(11)12(2)17-9-16(18)7-8-20-10-16/h3-6,12,17-18H,7-10H2,1-2H3. The van der Waals surface area contributed by atoms with Crippen LogP contribution in [0.2, 0.25) is 0 Å². The number of rotatable bonds is 4. The molecule has 0 aliphatic carbocycles. The number of para-hydroxylation sites is 1. The Morgan fingerprint density at radius 1 is 1.45 bits per heavy atom. The summed E-state index contributed by atoms with van der Waals surface area (Å²) in [5, 5.41) is 15.0. The highest BCUT2D eigenvalue weighted by Crippen LogP contribution is 2.31. The molecule has 0 saturated carbocycles. The molecule has 4 heteroatoms. The lowest BCUT2D eigenvalue weighted by molar-refractivity contribution is 0.0644. The second-order valence-corrected chi connectivity index (χ2v) is 6.82. The summed E-state index contributed by atoms with van der Waals surface area (Å²) in [6.45, 7) is 4.81. The maximum absolute atomic E-state index is 10.4. The summed E-state index contributed by atoms with van der Waals surface area (Å²) in [6, 6.07) is 8.22. The lowest BCUT2D eigenvalue weighted by Crippen LogP contribution is -2.41. The smallest absolute Gasteiger partial charge is 0.134 e. The zero-order valence-corrected chi connectivity index (χ0v) is 12.8. The summed E-state index contributed by atoms with van der Waals surface area (Å²) in [4.78, 5) is 0. The summed E-state index contributed by atoms with van der Waals surface area (Å²) < 4.78 is 5.96. The summed E-state index contributed by atoms with van der Waals surface area (Å²) in [7, 11) is 0. The Bertz CT molecular complexity index is 602. The Morgan fingerprint density at radius 2 is 2.25 bits per heavy atom. The van der Waals surface area contributed by atoms with Gasteiger partial charge in [0.15, 0.2) is 0 Å². The van der Waals surface area contributed by atoms with Gasteiger partial charge in [-0.3, -0.25) is 0 Å². The molecule has 1 fully saturated rings. The van der Waals surface area contributed by atoms with E-state index in [2.05, 4.69) is 25.2 Å². The van der Waals surface area contributed by atoms with E-state index in [1.165, 1.54) is 10.9 Å². The van der Waals surface area contributed by atoms with E-state index < -0.39 is 5.60 Å². The third-order valence-electron chi connectivity index (χ3n) is 4.09. The van der Waals surface area contributed by atoms with Gasteiger partial charge in [0.25, 0.3) is 0 Å². The van der Waals surface area contributed by atoms with Crippen LogP contribution in [0.1, 0.15) is 30.7 Å². The number of hydrogen-bond donors (Lipinski definition) is 2. The predicted molar refractivity (Wildman–Crippen MR) is 84.3 cm³/mol. The minimum Gasteiger partial charge on any atom is -0.459 e. The highest BCUT2D eigenvalue weighted by atomic mass is 32.2. The van der Waals surface area contributed by atoms with Crippen molar-refractivity contribution in [2.45, 2.75) is 31.9 Å². The van der Waals surface area contributed by atoms with Crippen molar-refractivity contribution >= 4 is 22.7 Å². The number of fused-ring (bicyclic) bond motifs is 1. The van der Waals surface area contributed by atoms with Crippen LogP contribution < -0.4 is 5.32 Å². The SMILES string of the molecule is Cc1c(C(C)NCC2(O)CCSC2)oc2ccccc12. The van der Waals surface area contributed by atoms with Crippen molar-refractivity contribution in [3.05, 3.63) is 35.6 Å². The van der Waals surface area contributed by atoms with Crippen LogP contribution in [0.25, 0.3) is 11.0 Å². The van der Waals surface area contributed by atoms with Gasteiger partial charge in [-0.25, -0.2) is 0 Å². The fourth-order valence-corrected chi connectivity index (χ4v) is 4.07. The molecular weight excluding hydrogens is 270 g/mol. The molecule has 3 nitrogen and oxygen atoms in total. The topological polar surface area (TPSA) is 45.4 Å². The lowest BCUT2D eigenvalue weighted by atomic mass is 10.0. The predicted octanol–water partition coefficient (Wildman–Crippen LogP) is 3.26. The van der Waals surface area contributed by atoms with Gasteiger partial charge in [-0.05, 0) is 37.7 Å². The molecule has 2 unspecified atom stereocenters. The van der Waals surface area contributed by atoms with Crippen molar-refractivity contribution in [3.8, 4) is 0 Å². The second kappa shape index (κ2) is 5.43. The maximum Gasteiger partial charge on any atom is 0.134 e. The van der Waals surface area contributed by atoms with Gasteiger partial charge in [0.05, 0.1) is 11.6 Å². The van der Waals surface area contributed by atoms with Gasteiger partial charge < -0.3 is 14.8 Å². The number of hydrogen-bond acceptors (Lipinski definition) is 4. The van der Waals surface area contributed by atoms with Crippen molar-refractivity contribution in [2.75, 3.05) is 18.1 Å². The summed E-state index contributed by atoms with van der Waals surface area (Å²) >= 11 is 1.82. The molecule has 0 amide bonds. The van der Waals surface area contributed by atoms with Gasteiger partial charge in [-0.1, -0.05) is 18.2 Å². The molecule has 3 rings (SSSR count). The molecule has 2 atom stereocenters. The van der Waals surface area contributed by atoms with Crippen LogP contribution in [-0.4, -0.2) is 28.8 Å². The van der Waals surface area contributed by atoms with E-state index in [0.717, 1.165) is 29.3 Å². The van der Waals surface area contributed by atoms with Crippen LogP contribution in [0.5, 0.6) is 0 Å². The van der Waals surface area contributed by atoms with E-state index in [0.29, 0.717) is 6.54 Å². The largest absolute Gasteiger partial charge is 0.459 e. The molecule has 108 valence electrons. The van der Waals surface area contributed by atoms with E-state index >= 15 is 0 Å². The molecule has 0 radical (unpaired) electrons. The van der Waals surface area contributed by atoms with E-state index in [-0.39, 0.29) is 6.04 Å². The fraction of sp³-hybridized carbons (Fsp3) is 0.500. The van der Waals surface area contributed by atoms with Gasteiger partial charge in [-0.2, -0.15) is 11.8 Å². The first-order valence-corrected chi connectivity index (χ1v) is 8.26. The molecule has 1 aliphatic heterocycles. The second-order valence-electron chi connectivity index (χ2n) is 5.72. The number of furan rings is 1. The van der Waals surface area contributed by atoms with E-state index in [4.69, 9.17) is 4.42 Å². The Balaban J connectivity index is 1.75. The van der Waals surface area contributed by atoms with Crippen molar-refractivity contribution in [3.63, 3.8) is 0 Å². The van der Waals surface area contributed by atoms with E-state index in [1.807, 2.05) is 30.0 Å². The van der Waals surface area contributed by atoms with Crippen LogP contribution >= 0.6 is 11.8 Å². The Morgan fingerprint density at radius 3 is 2.95 bits per heavy atom. The summed E-state index contributed by atoms with van der Waals surface area (Å²) in [5.74, 6) is 2.85. The number of nitrogens with one attached hydrogen (secondary N) is 1. The van der Waals surface area contributed by atoms with Crippen molar-refractivity contribution in [2.24, 2.45) is 0 Å². The Kier molecular flexibility index (Phi) is 3.80. The number of benzene rings is 1. The minimum atomic E-state index is -0.557. The first kappa shape index (κ1) is 14.0. The Labute approximate surface area is 123 Å². The molecule has 1 aromatic heterocycles. The maximum atomic E-state index is 10.4. The van der Waals surface area contributed by atoms with E-state index in [1.54, 1.807) is 0 Å². The van der Waals surface area contributed by atoms with Crippen LogP contribution in [-0.2, 0) is 0 Å². The lowest BCUT2D eigenvalue weighted by Gasteiger charge is -2.24. The van der Waals surface area contributed by atoms with Crippen molar-refractivity contribution < 1.29 is 9.52 Å². The molecule has 2 N–H and O–H groups in total. The van der Waals surface area contributed by atoms with Gasteiger partial charge >= 0.3 is 0 Å². The molecule has 20 heavy (non-hydrogen) atoms. The molecule has 2 aromatic rings. The van der Waals surface area contributed by atoms with Gasteiger partial charge in [0.1, 0.15) is 11.3 Å². The molecule has 1 saturated heterocycles. The molecule has 1 aromatic carbocycles. The van der Waals surface area contributed by atoms with Crippen molar-refractivity contribution in [1.29, 1.82) is 0 Å². The molecular formula is C16H21NO2S.